The summed E-state index contributed by atoms with van der Waals surface area (Å²) in [5, 5.41) is 3.02. The summed E-state index contributed by atoms with van der Waals surface area (Å²) in [6, 6.07) is 8.30. The first kappa shape index (κ1) is 14.9. The first-order chi connectivity index (χ1) is 9.72. The van der Waals surface area contributed by atoms with Crippen LogP contribution in [0.15, 0.2) is 24.3 Å². The number of carbonyl (C=O) groups is 1. The average Bonchev–Trinajstić information content (AvgIpc) is 2.65. The Kier molecular flexibility index (Phi) is 5.41. The fourth-order valence-corrected chi connectivity index (χ4v) is 2.75. The summed E-state index contributed by atoms with van der Waals surface area (Å²) >= 11 is 0. The first-order valence-electron chi connectivity index (χ1n) is 7.53. The van der Waals surface area contributed by atoms with Crippen molar-refractivity contribution in [1.29, 1.82) is 0 Å². The van der Waals surface area contributed by atoms with Gasteiger partial charge < -0.3 is 16.0 Å². The number of carbonyl (C=O) groups excluding carboxylic acids is 1. The Labute approximate surface area is 121 Å². The summed E-state index contributed by atoms with van der Waals surface area (Å²) in [4.78, 5) is 14.5. The van der Waals surface area contributed by atoms with Crippen molar-refractivity contribution in [2.75, 3.05) is 24.5 Å². The molecule has 1 atom stereocenters. The lowest BCUT2D eigenvalue weighted by molar-refractivity contribution is -0.122. The van der Waals surface area contributed by atoms with E-state index in [1.54, 1.807) is 0 Å². The summed E-state index contributed by atoms with van der Waals surface area (Å²) in [7, 11) is 0. The van der Waals surface area contributed by atoms with Crippen LogP contribution in [0.4, 0.5) is 5.69 Å². The summed E-state index contributed by atoms with van der Waals surface area (Å²) in [5.41, 5.74) is 8.00. The lowest BCUT2D eigenvalue weighted by Gasteiger charge is -2.32. The molecule has 0 radical (unpaired) electrons. The van der Waals surface area contributed by atoms with E-state index in [1.807, 2.05) is 0 Å². The zero-order valence-electron chi connectivity index (χ0n) is 12.3. The molecule has 0 aliphatic carbocycles. The van der Waals surface area contributed by atoms with Crippen molar-refractivity contribution in [2.24, 2.45) is 5.73 Å². The number of anilines is 1. The molecule has 4 nitrogen and oxygen atoms in total. The predicted molar refractivity (Wildman–Crippen MR) is 82.8 cm³/mol. The second-order valence-electron chi connectivity index (χ2n) is 5.48. The van der Waals surface area contributed by atoms with Crippen molar-refractivity contribution in [3.8, 4) is 0 Å². The van der Waals surface area contributed by atoms with Gasteiger partial charge in [-0.3, -0.25) is 4.79 Å². The monoisotopic (exact) mass is 275 g/mol. The maximum absolute atomic E-state index is 12.3. The van der Waals surface area contributed by atoms with Crippen LogP contribution in [0.1, 0.15) is 31.2 Å². The van der Waals surface area contributed by atoms with Gasteiger partial charge in [-0.05, 0) is 56.8 Å². The Hall–Kier alpha value is -1.55. The second-order valence-corrected chi connectivity index (χ2v) is 5.48. The highest BCUT2D eigenvalue weighted by atomic mass is 16.2. The second kappa shape index (κ2) is 7.29. The van der Waals surface area contributed by atoms with E-state index in [-0.39, 0.29) is 11.9 Å². The van der Waals surface area contributed by atoms with Crippen molar-refractivity contribution in [2.45, 2.75) is 38.6 Å². The number of nitrogens with two attached hydrogens (primary N) is 1. The minimum Gasteiger partial charge on any atom is -0.359 e. The summed E-state index contributed by atoms with van der Waals surface area (Å²) < 4.78 is 0. The van der Waals surface area contributed by atoms with Crippen molar-refractivity contribution >= 4 is 11.6 Å². The molecule has 1 amide bonds. The van der Waals surface area contributed by atoms with E-state index in [2.05, 4.69) is 41.4 Å². The van der Waals surface area contributed by atoms with Gasteiger partial charge in [0.2, 0.25) is 5.91 Å². The maximum atomic E-state index is 12.3. The summed E-state index contributed by atoms with van der Waals surface area (Å²) in [6.45, 7) is 4.36. The van der Waals surface area contributed by atoms with Crippen molar-refractivity contribution in [3.05, 3.63) is 29.8 Å². The van der Waals surface area contributed by atoms with Gasteiger partial charge in [0, 0.05) is 18.8 Å². The smallest absolute Gasteiger partial charge is 0.242 e. The standard InChI is InChI=1S/C16H25N3O/c1-13-6-4-7-14(12-13)19(11-5-9-17)15-8-2-3-10-18-16(15)20/h4,6-7,12,15H,2-3,5,8-11,17H2,1H3,(H,18,20). The number of hydrogen-bond acceptors (Lipinski definition) is 3. The Morgan fingerprint density at radius 3 is 3.00 bits per heavy atom. The molecule has 0 saturated carbocycles. The first-order valence-corrected chi connectivity index (χ1v) is 7.53. The van der Waals surface area contributed by atoms with E-state index in [4.69, 9.17) is 5.73 Å². The van der Waals surface area contributed by atoms with Crippen LogP contribution in [0.5, 0.6) is 0 Å². The Morgan fingerprint density at radius 2 is 2.25 bits per heavy atom. The molecule has 2 rings (SSSR count). The van der Waals surface area contributed by atoms with E-state index in [0.29, 0.717) is 6.54 Å². The lowest BCUT2D eigenvalue weighted by atomic mass is 10.1. The van der Waals surface area contributed by atoms with E-state index < -0.39 is 0 Å². The molecule has 1 fully saturated rings. The van der Waals surface area contributed by atoms with Gasteiger partial charge in [0.25, 0.3) is 0 Å². The third-order valence-corrected chi connectivity index (χ3v) is 3.82. The fraction of sp³-hybridized carbons (Fsp3) is 0.562. The minimum atomic E-state index is -0.0640. The number of nitrogens with zero attached hydrogens (tertiary/aromatic N) is 1. The van der Waals surface area contributed by atoms with Gasteiger partial charge in [-0.25, -0.2) is 0 Å². The Balaban J connectivity index is 2.23. The van der Waals surface area contributed by atoms with Gasteiger partial charge in [0.05, 0.1) is 0 Å². The molecular formula is C16H25N3O. The molecule has 110 valence electrons. The molecule has 1 aliphatic rings. The van der Waals surface area contributed by atoms with E-state index in [1.165, 1.54) is 5.56 Å². The van der Waals surface area contributed by atoms with Crippen LogP contribution in [0, 0.1) is 6.92 Å². The van der Waals surface area contributed by atoms with Crippen LogP contribution < -0.4 is 16.0 Å². The fourth-order valence-electron chi connectivity index (χ4n) is 2.75. The molecule has 0 bridgehead atoms. The molecule has 1 aromatic carbocycles. The van der Waals surface area contributed by atoms with E-state index in [9.17, 15) is 4.79 Å². The molecule has 4 heteroatoms. The largest absolute Gasteiger partial charge is 0.359 e. The SMILES string of the molecule is Cc1cccc(N(CCCN)C2CCCCNC2=O)c1. The molecular weight excluding hydrogens is 250 g/mol. The molecule has 1 unspecified atom stereocenters. The topological polar surface area (TPSA) is 58.4 Å². The number of amides is 1. The number of hydrogen-bond donors (Lipinski definition) is 2. The van der Waals surface area contributed by atoms with E-state index in [0.717, 1.165) is 44.5 Å². The van der Waals surface area contributed by atoms with Crippen LogP contribution in [0.3, 0.4) is 0 Å². The third kappa shape index (κ3) is 3.73. The van der Waals surface area contributed by atoms with Crippen molar-refractivity contribution < 1.29 is 4.79 Å². The highest BCUT2D eigenvalue weighted by Gasteiger charge is 2.27. The molecule has 1 saturated heterocycles. The van der Waals surface area contributed by atoms with Crippen LogP contribution in [-0.2, 0) is 4.79 Å². The van der Waals surface area contributed by atoms with Gasteiger partial charge in [-0.2, -0.15) is 0 Å². The predicted octanol–water partition coefficient (Wildman–Crippen LogP) is 1.82. The van der Waals surface area contributed by atoms with Crippen LogP contribution in [0.2, 0.25) is 0 Å². The molecule has 3 N–H and O–H groups in total. The van der Waals surface area contributed by atoms with Crippen LogP contribution >= 0.6 is 0 Å². The Bertz CT molecular complexity index is 447. The highest BCUT2D eigenvalue weighted by Crippen LogP contribution is 2.22. The molecule has 0 aromatic heterocycles. The third-order valence-electron chi connectivity index (χ3n) is 3.82. The summed E-state index contributed by atoms with van der Waals surface area (Å²) in [5.74, 6) is 0.154. The lowest BCUT2D eigenvalue weighted by Crippen LogP contribution is -2.46. The van der Waals surface area contributed by atoms with Gasteiger partial charge in [-0.15, -0.1) is 0 Å². The van der Waals surface area contributed by atoms with Gasteiger partial charge in [-0.1, -0.05) is 12.1 Å². The molecule has 1 aromatic rings. The maximum Gasteiger partial charge on any atom is 0.242 e. The molecule has 20 heavy (non-hydrogen) atoms. The number of nitrogens with one attached hydrogen (secondary N) is 1. The number of benzene rings is 1. The molecule has 1 aliphatic heterocycles. The zero-order valence-corrected chi connectivity index (χ0v) is 12.3. The quantitative estimate of drug-likeness (QED) is 0.862. The van der Waals surface area contributed by atoms with Crippen LogP contribution in [-0.4, -0.2) is 31.6 Å². The summed E-state index contributed by atoms with van der Waals surface area (Å²) in [6.07, 6.45) is 3.98. The number of rotatable bonds is 5. The average molecular weight is 275 g/mol. The highest BCUT2D eigenvalue weighted by molar-refractivity contribution is 5.85. The van der Waals surface area contributed by atoms with Crippen molar-refractivity contribution in [1.82, 2.24) is 5.32 Å². The van der Waals surface area contributed by atoms with Gasteiger partial charge >= 0.3 is 0 Å². The van der Waals surface area contributed by atoms with E-state index >= 15 is 0 Å². The normalized spacial score (nSPS) is 19.3. The minimum absolute atomic E-state index is 0.0640. The van der Waals surface area contributed by atoms with Crippen LogP contribution in [0.25, 0.3) is 0 Å². The number of aryl methyl sites for hydroxylation is 1. The Morgan fingerprint density at radius 1 is 1.40 bits per heavy atom. The zero-order chi connectivity index (χ0) is 14.4. The molecule has 1 heterocycles. The van der Waals surface area contributed by atoms with Gasteiger partial charge in [0.1, 0.15) is 6.04 Å². The molecule has 0 spiro atoms. The van der Waals surface area contributed by atoms with Crippen molar-refractivity contribution in [3.63, 3.8) is 0 Å². The van der Waals surface area contributed by atoms with Gasteiger partial charge in [0.15, 0.2) is 0 Å².